The number of hydrogen-bond acceptors (Lipinski definition) is 5. The molecule has 0 saturated carbocycles. The fourth-order valence-electron chi connectivity index (χ4n) is 1.31. The Morgan fingerprint density at radius 1 is 1.53 bits per heavy atom. The third-order valence-corrected chi connectivity index (χ3v) is 2.17. The second-order valence-electron chi connectivity index (χ2n) is 3.25. The van der Waals surface area contributed by atoms with Gasteiger partial charge in [-0.15, -0.1) is 0 Å². The van der Waals surface area contributed by atoms with Gasteiger partial charge in [-0.3, -0.25) is 4.79 Å². The van der Waals surface area contributed by atoms with E-state index >= 15 is 0 Å². The van der Waals surface area contributed by atoms with Gasteiger partial charge in [-0.1, -0.05) is 0 Å². The van der Waals surface area contributed by atoms with E-state index in [1.807, 2.05) is 6.07 Å². The van der Waals surface area contributed by atoms with E-state index < -0.39 is 5.91 Å². The summed E-state index contributed by atoms with van der Waals surface area (Å²) in [6.45, 7) is 0. The number of pyridine rings is 1. The van der Waals surface area contributed by atoms with Crippen molar-refractivity contribution in [2.45, 2.75) is 0 Å². The van der Waals surface area contributed by atoms with Crippen LogP contribution in [0.3, 0.4) is 0 Å². The Kier molecular flexibility index (Phi) is 2.46. The predicted octanol–water partition coefficient (Wildman–Crippen LogP) is -0.180. The number of aromatic nitrogens is 3. The molecule has 0 fully saturated rings. The molecule has 0 aliphatic rings. The zero-order valence-corrected chi connectivity index (χ0v) is 8.66. The van der Waals surface area contributed by atoms with E-state index in [0.717, 1.165) is 0 Å². The molecule has 0 aliphatic carbocycles. The Hall–Kier alpha value is -2.88. The molecule has 0 saturated heterocycles. The van der Waals surface area contributed by atoms with Crippen LogP contribution in [-0.4, -0.2) is 20.7 Å². The smallest absolute Gasteiger partial charge is 0.251 e. The molecule has 84 valence electrons. The number of hydrogen-bond donors (Lipinski definition) is 2. The van der Waals surface area contributed by atoms with Gasteiger partial charge in [-0.05, 0) is 6.07 Å². The summed E-state index contributed by atoms with van der Waals surface area (Å²) in [4.78, 5) is 14.9. The highest BCUT2D eigenvalue weighted by Crippen LogP contribution is 2.17. The lowest BCUT2D eigenvalue weighted by Gasteiger charge is -2.04. The third-order valence-electron chi connectivity index (χ3n) is 2.17. The van der Waals surface area contributed by atoms with Gasteiger partial charge in [-0.25, -0.2) is 9.67 Å². The molecule has 1 amide bonds. The van der Waals surface area contributed by atoms with Gasteiger partial charge in [0, 0.05) is 12.4 Å². The summed E-state index contributed by atoms with van der Waals surface area (Å²) in [6.07, 6.45) is 4.15. The minimum Gasteiger partial charge on any atom is -0.395 e. The highest BCUT2D eigenvalue weighted by Gasteiger charge is 2.11. The first-order chi connectivity index (χ1) is 8.13. The van der Waals surface area contributed by atoms with Crippen molar-refractivity contribution in [2.75, 3.05) is 5.73 Å². The number of carbonyl (C=O) groups is 1. The summed E-state index contributed by atoms with van der Waals surface area (Å²) in [5.74, 6) is -0.303. The van der Waals surface area contributed by atoms with Gasteiger partial charge in [0.25, 0.3) is 5.91 Å². The number of anilines is 1. The van der Waals surface area contributed by atoms with Crippen LogP contribution in [0.15, 0.2) is 24.7 Å². The van der Waals surface area contributed by atoms with Crippen LogP contribution < -0.4 is 11.5 Å². The molecule has 2 aromatic rings. The van der Waals surface area contributed by atoms with Gasteiger partial charge in [0.1, 0.15) is 6.07 Å². The van der Waals surface area contributed by atoms with Crippen LogP contribution in [0.5, 0.6) is 0 Å². The van der Waals surface area contributed by atoms with E-state index in [4.69, 9.17) is 16.7 Å². The van der Waals surface area contributed by atoms with Gasteiger partial charge in [-0.2, -0.15) is 10.4 Å². The molecule has 17 heavy (non-hydrogen) atoms. The quantitative estimate of drug-likeness (QED) is 0.737. The lowest BCUT2D eigenvalue weighted by Crippen LogP contribution is -2.10. The van der Waals surface area contributed by atoms with E-state index in [0.29, 0.717) is 5.56 Å². The van der Waals surface area contributed by atoms with Crippen LogP contribution in [0.4, 0.5) is 5.69 Å². The lowest BCUT2D eigenvalue weighted by atomic mass is 10.2. The van der Waals surface area contributed by atoms with Crippen molar-refractivity contribution in [3.63, 3.8) is 0 Å². The second-order valence-corrected chi connectivity index (χ2v) is 3.25. The molecular formula is C10H8N6O. The molecule has 7 nitrogen and oxygen atoms in total. The van der Waals surface area contributed by atoms with Crippen molar-refractivity contribution in [1.29, 1.82) is 5.26 Å². The zero-order chi connectivity index (χ0) is 12.4. The minimum atomic E-state index is -0.591. The Morgan fingerprint density at radius 3 is 2.88 bits per heavy atom. The first-order valence-corrected chi connectivity index (χ1v) is 4.63. The number of carbonyl (C=O) groups excluding carboxylic acids is 1. The molecular weight excluding hydrogens is 220 g/mol. The SMILES string of the molecule is N#Cc1ccnc(-n2cc(C(N)=O)cn2)c1N. The van der Waals surface area contributed by atoms with Crippen molar-refractivity contribution in [3.05, 3.63) is 35.8 Å². The topological polar surface area (TPSA) is 124 Å². The van der Waals surface area contributed by atoms with Crippen LogP contribution in [0.25, 0.3) is 5.82 Å². The number of primary amides is 1. The van der Waals surface area contributed by atoms with Gasteiger partial charge in [0.2, 0.25) is 0 Å². The fourth-order valence-corrected chi connectivity index (χ4v) is 1.31. The molecule has 2 heterocycles. The normalized spacial score (nSPS) is 9.82. The van der Waals surface area contributed by atoms with Gasteiger partial charge >= 0.3 is 0 Å². The van der Waals surface area contributed by atoms with Gasteiger partial charge < -0.3 is 11.5 Å². The Bertz CT molecular complexity index is 624. The third kappa shape index (κ3) is 1.79. The van der Waals surface area contributed by atoms with E-state index in [9.17, 15) is 4.79 Å². The highest BCUT2D eigenvalue weighted by molar-refractivity contribution is 5.92. The number of nitriles is 1. The first-order valence-electron chi connectivity index (χ1n) is 4.63. The van der Waals surface area contributed by atoms with E-state index in [1.54, 1.807) is 0 Å². The van der Waals surface area contributed by atoms with Crippen LogP contribution in [0, 0.1) is 11.3 Å². The molecule has 0 aliphatic heterocycles. The maximum absolute atomic E-state index is 10.9. The zero-order valence-electron chi connectivity index (χ0n) is 8.66. The molecule has 7 heteroatoms. The number of nitrogens with zero attached hydrogens (tertiary/aromatic N) is 4. The molecule has 0 unspecified atom stereocenters. The fraction of sp³-hybridized carbons (Fsp3) is 0. The molecule has 4 N–H and O–H groups in total. The molecule has 2 rings (SSSR count). The predicted molar refractivity (Wildman–Crippen MR) is 59.0 cm³/mol. The first kappa shape index (κ1) is 10.6. The number of nitrogens with two attached hydrogens (primary N) is 2. The summed E-state index contributed by atoms with van der Waals surface area (Å²) in [6, 6.07) is 3.43. The molecule has 0 atom stereocenters. The summed E-state index contributed by atoms with van der Waals surface area (Å²) < 4.78 is 1.30. The highest BCUT2D eigenvalue weighted by atomic mass is 16.1. The van der Waals surface area contributed by atoms with Gasteiger partial charge in [0.05, 0.1) is 23.0 Å². The van der Waals surface area contributed by atoms with Crippen LogP contribution >= 0.6 is 0 Å². The number of nitrogen functional groups attached to an aromatic ring is 1. The van der Waals surface area contributed by atoms with Gasteiger partial charge in [0.15, 0.2) is 5.82 Å². The monoisotopic (exact) mass is 228 g/mol. The standard InChI is InChI=1S/C10H8N6O/c11-3-6-1-2-14-10(8(6)12)16-5-7(4-15-16)9(13)17/h1-2,4-5H,12H2,(H2,13,17). The number of amides is 1. The van der Waals surface area contributed by atoms with Crippen LogP contribution in [0.1, 0.15) is 15.9 Å². The maximum atomic E-state index is 10.9. The largest absolute Gasteiger partial charge is 0.395 e. The number of rotatable bonds is 2. The van der Waals surface area contributed by atoms with Crippen molar-refractivity contribution >= 4 is 11.6 Å². The summed E-state index contributed by atoms with van der Waals surface area (Å²) in [7, 11) is 0. The molecule has 0 spiro atoms. The Labute approximate surface area is 96.3 Å². The minimum absolute atomic E-state index is 0.203. The van der Waals surface area contributed by atoms with Crippen molar-refractivity contribution in [1.82, 2.24) is 14.8 Å². The molecule has 0 aromatic carbocycles. The van der Waals surface area contributed by atoms with E-state index in [-0.39, 0.29) is 17.1 Å². The van der Waals surface area contributed by atoms with Crippen LogP contribution in [-0.2, 0) is 0 Å². The molecule has 0 bridgehead atoms. The van der Waals surface area contributed by atoms with E-state index in [1.165, 1.54) is 29.3 Å². The average molecular weight is 228 g/mol. The summed E-state index contributed by atoms with van der Waals surface area (Å²) in [5, 5.41) is 12.7. The Balaban J connectivity index is 2.53. The molecule has 2 aromatic heterocycles. The summed E-state index contributed by atoms with van der Waals surface area (Å²) >= 11 is 0. The van der Waals surface area contributed by atoms with E-state index in [2.05, 4.69) is 10.1 Å². The van der Waals surface area contributed by atoms with Crippen LogP contribution in [0.2, 0.25) is 0 Å². The average Bonchev–Trinajstić information content (AvgIpc) is 2.78. The lowest BCUT2D eigenvalue weighted by molar-refractivity contribution is 0.100. The van der Waals surface area contributed by atoms with Crippen molar-refractivity contribution in [3.8, 4) is 11.9 Å². The summed E-state index contributed by atoms with van der Waals surface area (Å²) in [5.41, 5.74) is 11.6. The second kappa shape index (κ2) is 3.94. The Morgan fingerprint density at radius 2 is 2.29 bits per heavy atom. The van der Waals surface area contributed by atoms with Crippen molar-refractivity contribution in [2.24, 2.45) is 5.73 Å². The van der Waals surface area contributed by atoms with Crippen molar-refractivity contribution < 1.29 is 4.79 Å². The maximum Gasteiger partial charge on any atom is 0.251 e. The molecule has 0 radical (unpaired) electrons.